The van der Waals surface area contributed by atoms with Gasteiger partial charge in [0.1, 0.15) is 5.75 Å². The van der Waals surface area contributed by atoms with Crippen LogP contribution in [0.2, 0.25) is 0 Å². The second-order valence-corrected chi connectivity index (χ2v) is 5.46. The molecule has 0 N–H and O–H groups in total. The number of hydrogen-bond donors (Lipinski definition) is 0. The fraction of sp³-hybridized carbons (Fsp3) is 0.538. The van der Waals surface area contributed by atoms with Gasteiger partial charge in [-0.3, -0.25) is 0 Å². The summed E-state index contributed by atoms with van der Waals surface area (Å²) in [6.45, 7) is 6.58. The van der Waals surface area contributed by atoms with E-state index < -0.39 is 0 Å². The van der Waals surface area contributed by atoms with E-state index >= 15 is 0 Å². The van der Waals surface area contributed by atoms with E-state index in [-0.39, 0.29) is 10.8 Å². The molecule has 1 aliphatic rings. The maximum absolute atomic E-state index is 6.41. The van der Waals surface area contributed by atoms with E-state index in [0.29, 0.717) is 0 Å². The van der Waals surface area contributed by atoms with Crippen LogP contribution in [0.15, 0.2) is 12.1 Å². The van der Waals surface area contributed by atoms with Gasteiger partial charge in [-0.25, -0.2) is 0 Å². The van der Waals surface area contributed by atoms with Crippen LogP contribution >= 0.6 is 11.6 Å². The van der Waals surface area contributed by atoms with Crippen molar-refractivity contribution in [1.29, 1.82) is 0 Å². The van der Waals surface area contributed by atoms with Gasteiger partial charge >= 0.3 is 0 Å². The van der Waals surface area contributed by atoms with E-state index in [1.165, 1.54) is 16.7 Å². The fourth-order valence-corrected chi connectivity index (χ4v) is 3.29. The number of rotatable bonds is 1. The molecule has 0 bridgehead atoms. The number of hydrogen-bond acceptors (Lipinski definition) is 1. The van der Waals surface area contributed by atoms with Gasteiger partial charge < -0.3 is 4.74 Å². The second-order valence-electron chi connectivity index (χ2n) is 4.93. The summed E-state index contributed by atoms with van der Waals surface area (Å²) in [6, 6.07) is 4.14. The smallest absolute Gasteiger partial charge is 0.122 e. The molecule has 15 heavy (non-hydrogen) atoms. The molecule has 1 atom stereocenters. The lowest BCUT2D eigenvalue weighted by molar-refractivity contribution is 0.394. The molecule has 1 aromatic rings. The van der Waals surface area contributed by atoms with Gasteiger partial charge in [-0.15, -0.1) is 11.6 Å². The summed E-state index contributed by atoms with van der Waals surface area (Å²) < 4.78 is 5.44. The summed E-state index contributed by atoms with van der Waals surface area (Å²) in [7, 11) is 1.72. The third-order valence-electron chi connectivity index (χ3n) is 3.32. The molecule has 0 amide bonds. The van der Waals surface area contributed by atoms with Crippen molar-refractivity contribution in [2.24, 2.45) is 0 Å². The lowest BCUT2D eigenvalue weighted by Gasteiger charge is -2.21. The molecule has 2 rings (SSSR count). The van der Waals surface area contributed by atoms with E-state index in [9.17, 15) is 0 Å². The monoisotopic (exact) mass is 224 g/mol. The molecule has 0 spiro atoms. The highest BCUT2D eigenvalue weighted by Crippen LogP contribution is 2.52. The van der Waals surface area contributed by atoms with E-state index in [2.05, 4.69) is 26.8 Å². The standard InChI is InChI=1S/C13H17ClO/c1-8-5-6-10(15-4)12-11(8)9(14)7-13(12,2)3/h5-6,9H,7H2,1-4H3. The molecular weight excluding hydrogens is 208 g/mol. The van der Waals surface area contributed by atoms with Crippen LogP contribution < -0.4 is 4.74 Å². The van der Waals surface area contributed by atoms with Gasteiger partial charge in [-0.2, -0.15) is 0 Å². The topological polar surface area (TPSA) is 9.23 Å². The number of aryl methyl sites for hydroxylation is 1. The Bertz CT molecular complexity index is 396. The Labute approximate surface area is 96.4 Å². The van der Waals surface area contributed by atoms with Crippen molar-refractivity contribution in [2.75, 3.05) is 7.11 Å². The minimum atomic E-state index is 0.124. The maximum Gasteiger partial charge on any atom is 0.122 e. The van der Waals surface area contributed by atoms with Crippen LogP contribution in [0, 0.1) is 6.92 Å². The number of methoxy groups -OCH3 is 1. The predicted octanol–water partition coefficient (Wildman–Crippen LogP) is 3.96. The minimum absolute atomic E-state index is 0.124. The van der Waals surface area contributed by atoms with E-state index in [4.69, 9.17) is 16.3 Å². The lowest BCUT2D eigenvalue weighted by Crippen LogP contribution is -2.13. The molecule has 1 aromatic carbocycles. The zero-order valence-corrected chi connectivity index (χ0v) is 10.5. The Hall–Kier alpha value is -0.690. The average molecular weight is 225 g/mol. The first-order chi connectivity index (χ1) is 6.97. The predicted molar refractivity (Wildman–Crippen MR) is 64.0 cm³/mol. The minimum Gasteiger partial charge on any atom is -0.496 e. The van der Waals surface area contributed by atoms with Crippen molar-refractivity contribution in [2.45, 2.75) is 38.0 Å². The molecule has 0 fully saturated rings. The van der Waals surface area contributed by atoms with Crippen LogP contribution in [0.3, 0.4) is 0 Å². The zero-order valence-electron chi connectivity index (χ0n) is 9.73. The van der Waals surface area contributed by atoms with Crippen LogP contribution in [0.4, 0.5) is 0 Å². The molecule has 2 heteroatoms. The molecule has 1 unspecified atom stereocenters. The van der Waals surface area contributed by atoms with Crippen LogP contribution in [-0.4, -0.2) is 7.11 Å². The highest BCUT2D eigenvalue weighted by Gasteiger charge is 2.39. The highest BCUT2D eigenvalue weighted by molar-refractivity contribution is 6.21. The normalized spacial score (nSPS) is 22.6. The summed E-state index contributed by atoms with van der Waals surface area (Å²) in [5.41, 5.74) is 3.97. The van der Waals surface area contributed by atoms with Crippen LogP contribution in [-0.2, 0) is 5.41 Å². The van der Waals surface area contributed by atoms with Gasteiger partial charge in [-0.05, 0) is 36.0 Å². The highest BCUT2D eigenvalue weighted by atomic mass is 35.5. The van der Waals surface area contributed by atoms with Gasteiger partial charge in [0.25, 0.3) is 0 Å². The van der Waals surface area contributed by atoms with Crippen LogP contribution in [0.25, 0.3) is 0 Å². The van der Waals surface area contributed by atoms with Gasteiger partial charge in [0.15, 0.2) is 0 Å². The molecule has 0 aliphatic heterocycles. The Morgan fingerprint density at radius 3 is 2.67 bits per heavy atom. The van der Waals surface area contributed by atoms with Gasteiger partial charge in [-0.1, -0.05) is 19.9 Å². The Morgan fingerprint density at radius 2 is 2.07 bits per heavy atom. The van der Waals surface area contributed by atoms with Gasteiger partial charge in [0.2, 0.25) is 0 Å². The number of benzene rings is 1. The van der Waals surface area contributed by atoms with Gasteiger partial charge in [0.05, 0.1) is 12.5 Å². The number of alkyl halides is 1. The third-order valence-corrected chi connectivity index (χ3v) is 3.70. The van der Waals surface area contributed by atoms with Crippen molar-refractivity contribution in [3.63, 3.8) is 0 Å². The molecule has 0 radical (unpaired) electrons. The molecular formula is C13H17ClO. The second kappa shape index (κ2) is 3.41. The third kappa shape index (κ3) is 1.53. The molecule has 0 saturated carbocycles. The Morgan fingerprint density at radius 1 is 1.40 bits per heavy atom. The fourth-order valence-electron chi connectivity index (χ4n) is 2.63. The quantitative estimate of drug-likeness (QED) is 0.656. The summed E-state index contributed by atoms with van der Waals surface area (Å²) in [4.78, 5) is 0. The largest absolute Gasteiger partial charge is 0.496 e. The zero-order chi connectivity index (χ0) is 11.2. The Balaban J connectivity index is 2.71. The van der Waals surface area contributed by atoms with Gasteiger partial charge in [0, 0.05) is 5.56 Å². The molecule has 0 heterocycles. The van der Waals surface area contributed by atoms with Crippen LogP contribution in [0.1, 0.15) is 42.3 Å². The first-order valence-corrected chi connectivity index (χ1v) is 5.73. The summed E-state index contributed by atoms with van der Waals surface area (Å²) >= 11 is 6.41. The van der Waals surface area contributed by atoms with Crippen molar-refractivity contribution in [3.8, 4) is 5.75 Å². The average Bonchev–Trinajstić information content (AvgIpc) is 2.39. The Kier molecular flexibility index (Phi) is 2.46. The van der Waals surface area contributed by atoms with E-state index in [1.54, 1.807) is 7.11 Å². The first kappa shape index (κ1) is 10.8. The SMILES string of the molecule is COc1ccc(C)c2c1C(C)(C)CC2Cl. The molecule has 0 saturated heterocycles. The van der Waals surface area contributed by atoms with Crippen molar-refractivity contribution in [3.05, 3.63) is 28.8 Å². The van der Waals surface area contributed by atoms with Crippen LogP contribution in [0.5, 0.6) is 5.75 Å². The molecule has 82 valence electrons. The molecule has 1 nitrogen and oxygen atoms in total. The van der Waals surface area contributed by atoms with Crippen molar-refractivity contribution < 1.29 is 4.74 Å². The van der Waals surface area contributed by atoms with E-state index in [0.717, 1.165) is 12.2 Å². The number of fused-ring (bicyclic) bond motifs is 1. The lowest BCUT2D eigenvalue weighted by atomic mass is 9.85. The number of ether oxygens (including phenoxy) is 1. The first-order valence-electron chi connectivity index (χ1n) is 5.29. The molecule has 0 aromatic heterocycles. The summed E-state index contributed by atoms with van der Waals surface area (Å²) in [6.07, 6.45) is 0.991. The summed E-state index contributed by atoms with van der Waals surface area (Å²) in [5, 5.41) is 0.130. The molecule has 1 aliphatic carbocycles. The maximum atomic E-state index is 6.41. The summed E-state index contributed by atoms with van der Waals surface area (Å²) in [5.74, 6) is 0.976. The van der Waals surface area contributed by atoms with Crippen molar-refractivity contribution >= 4 is 11.6 Å². The van der Waals surface area contributed by atoms with E-state index in [1.807, 2.05) is 6.07 Å². The number of halogens is 1. The van der Waals surface area contributed by atoms with Crippen molar-refractivity contribution in [1.82, 2.24) is 0 Å².